The number of allylic oxidation sites excluding steroid dienone is 8. The molecule has 108 valence electrons. The van der Waals surface area contributed by atoms with Gasteiger partial charge in [-0.2, -0.15) is 0 Å². The molecule has 0 heterocycles. The lowest BCUT2D eigenvalue weighted by Gasteiger charge is -2.27. The molecule has 0 saturated carbocycles. The molecule has 20 heavy (non-hydrogen) atoms. The SMILES string of the molecule is C=CCC1/C=C\C(CC=C)C(CC=C)/C=C\C1CC=C. The lowest BCUT2D eigenvalue weighted by atomic mass is 9.78. The molecule has 0 nitrogen and oxygen atoms in total. The third-order valence-electron chi connectivity index (χ3n) is 4.07. The molecule has 0 amide bonds. The summed E-state index contributed by atoms with van der Waals surface area (Å²) in [6.07, 6.45) is 21.7. The van der Waals surface area contributed by atoms with Crippen molar-refractivity contribution in [3.8, 4) is 0 Å². The molecule has 0 N–H and O–H groups in total. The monoisotopic (exact) mass is 268 g/mol. The molecule has 0 spiro atoms. The van der Waals surface area contributed by atoms with Gasteiger partial charge < -0.3 is 0 Å². The topological polar surface area (TPSA) is 0 Å². The predicted molar refractivity (Wildman–Crippen MR) is 91.5 cm³/mol. The van der Waals surface area contributed by atoms with Gasteiger partial charge in [0.05, 0.1) is 0 Å². The van der Waals surface area contributed by atoms with Crippen LogP contribution < -0.4 is 0 Å². The highest BCUT2D eigenvalue weighted by atomic mass is 14.3. The molecule has 0 bridgehead atoms. The average molecular weight is 268 g/mol. The minimum Gasteiger partial charge on any atom is -0.103 e. The first-order chi connectivity index (χ1) is 9.76. The van der Waals surface area contributed by atoms with E-state index in [4.69, 9.17) is 0 Å². The van der Waals surface area contributed by atoms with Crippen LogP contribution in [0.1, 0.15) is 25.7 Å². The summed E-state index contributed by atoms with van der Waals surface area (Å²) in [5, 5.41) is 0. The normalized spacial score (nSPS) is 32.4. The van der Waals surface area contributed by atoms with Gasteiger partial charge in [0, 0.05) is 0 Å². The van der Waals surface area contributed by atoms with Crippen LogP contribution in [0.5, 0.6) is 0 Å². The van der Waals surface area contributed by atoms with Crippen LogP contribution in [0, 0.1) is 23.7 Å². The van der Waals surface area contributed by atoms with Crippen LogP contribution in [-0.4, -0.2) is 0 Å². The summed E-state index contributed by atoms with van der Waals surface area (Å²) in [4.78, 5) is 0. The van der Waals surface area contributed by atoms with E-state index in [1.54, 1.807) is 0 Å². The van der Waals surface area contributed by atoms with Gasteiger partial charge in [-0.3, -0.25) is 0 Å². The fraction of sp³-hybridized carbons (Fsp3) is 0.400. The van der Waals surface area contributed by atoms with Gasteiger partial charge in [0.25, 0.3) is 0 Å². The third-order valence-corrected chi connectivity index (χ3v) is 4.07. The summed E-state index contributed by atoms with van der Waals surface area (Å²) in [6, 6.07) is 0. The van der Waals surface area contributed by atoms with E-state index in [1.807, 2.05) is 24.3 Å². The molecular formula is C20H28. The summed E-state index contributed by atoms with van der Waals surface area (Å²) in [6.45, 7) is 15.6. The Labute approximate surface area is 125 Å². The van der Waals surface area contributed by atoms with E-state index < -0.39 is 0 Å². The second-order valence-corrected chi connectivity index (χ2v) is 5.52. The van der Waals surface area contributed by atoms with Crippen LogP contribution in [0.15, 0.2) is 74.9 Å². The Morgan fingerprint density at radius 3 is 0.850 bits per heavy atom. The molecule has 0 aromatic rings. The lowest BCUT2D eigenvalue weighted by molar-refractivity contribution is 0.434. The third kappa shape index (κ3) is 4.85. The highest BCUT2D eigenvalue weighted by Crippen LogP contribution is 2.32. The van der Waals surface area contributed by atoms with Gasteiger partial charge in [-0.05, 0) is 49.4 Å². The molecule has 0 aromatic heterocycles. The molecule has 4 unspecified atom stereocenters. The van der Waals surface area contributed by atoms with Gasteiger partial charge in [-0.25, -0.2) is 0 Å². The highest BCUT2D eigenvalue weighted by molar-refractivity contribution is 5.12. The maximum Gasteiger partial charge on any atom is -0.0133 e. The lowest BCUT2D eigenvalue weighted by Crippen LogP contribution is -2.16. The predicted octanol–water partition coefficient (Wildman–Crippen LogP) is 5.88. The fourth-order valence-electron chi connectivity index (χ4n) is 2.92. The molecule has 0 heteroatoms. The molecule has 0 aliphatic heterocycles. The van der Waals surface area contributed by atoms with Gasteiger partial charge in [0.15, 0.2) is 0 Å². The minimum absolute atomic E-state index is 0.527. The second-order valence-electron chi connectivity index (χ2n) is 5.52. The summed E-state index contributed by atoms with van der Waals surface area (Å²) in [5.74, 6) is 2.11. The van der Waals surface area contributed by atoms with Crippen molar-refractivity contribution in [3.05, 3.63) is 74.9 Å². The standard InChI is InChI=1S/C20H28/c1-5-9-17-13-14-19(11-7-3)20(12-8-4)16-15-18(17)10-6-2/h5-8,13-20H,1-4,9-12H2/b14-13-,16-15-. The first kappa shape index (κ1) is 16.5. The quantitative estimate of drug-likeness (QED) is 0.482. The molecule has 4 atom stereocenters. The van der Waals surface area contributed by atoms with Gasteiger partial charge in [-0.15, -0.1) is 26.3 Å². The van der Waals surface area contributed by atoms with E-state index in [0.29, 0.717) is 23.7 Å². The Hall–Kier alpha value is -1.56. The second kappa shape index (κ2) is 9.36. The van der Waals surface area contributed by atoms with Gasteiger partial charge in [-0.1, -0.05) is 48.6 Å². The van der Waals surface area contributed by atoms with Crippen LogP contribution >= 0.6 is 0 Å². The molecular weight excluding hydrogens is 240 g/mol. The van der Waals surface area contributed by atoms with E-state index in [2.05, 4.69) is 50.6 Å². The molecule has 1 aliphatic rings. The van der Waals surface area contributed by atoms with Crippen molar-refractivity contribution in [1.82, 2.24) is 0 Å². The van der Waals surface area contributed by atoms with E-state index in [1.165, 1.54) is 0 Å². The van der Waals surface area contributed by atoms with Crippen LogP contribution in [0.3, 0.4) is 0 Å². The number of hydrogen-bond acceptors (Lipinski definition) is 0. The van der Waals surface area contributed by atoms with Crippen LogP contribution in [-0.2, 0) is 0 Å². The molecule has 1 aliphatic carbocycles. The van der Waals surface area contributed by atoms with Crippen molar-refractivity contribution < 1.29 is 0 Å². The first-order valence-electron chi connectivity index (χ1n) is 7.57. The zero-order valence-corrected chi connectivity index (χ0v) is 12.6. The Morgan fingerprint density at radius 2 is 0.700 bits per heavy atom. The summed E-state index contributed by atoms with van der Waals surface area (Å²) < 4.78 is 0. The van der Waals surface area contributed by atoms with Crippen molar-refractivity contribution in [1.29, 1.82) is 0 Å². The van der Waals surface area contributed by atoms with Gasteiger partial charge in [0.2, 0.25) is 0 Å². The van der Waals surface area contributed by atoms with Gasteiger partial charge in [0.1, 0.15) is 0 Å². The van der Waals surface area contributed by atoms with E-state index in [0.717, 1.165) is 25.7 Å². The maximum atomic E-state index is 3.89. The summed E-state index contributed by atoms with van der Waals surface area (Å²) in [7, 11) is 0. The Bertz CT molecular complexity index is 309. The van der Waals surface area contributed by atoms with Gasteiger partial charge >= 0.3 is 0 Å². The van der Waals surface area contributed by atoms with E-state index in [-0.39, 0.29) is 0 Å². The Balaban J connectivity index is 2.98. The molecule has 0 aromatic carbocycles. The van der Waals surface area contributed by atoms with Crippen molar-refractivity contribution in [3.63, 3.8) is 0 Å². The van der Waals surface area contributed by atoms with Crippen molar-refractivity contribution in [2.45, 2.75) is 25.7 Å². The Morgan fingerprint density at radius 1 is 0.500 bits per heavy atom. The van der Waals surface area contributed by atoms with Crippen LogP contribution in [0.2, 0.25) is 0 Å². The largest absolute Gasteiger partial charge is 0.103 e. The molecule has 0 radical (unpaired) electrons. The van der Waals surface area contributed by atoms with Crippen molar-refractivity contribution in [2.75, 3.05) is 0 Å². The van der Waals surface area contributed by atoms with Crippen molar-refractivity contribution >= 4 is 0 Å². The summed E-state index contributed by atoms with van der Waals surface area (Å²) >= 11 is 0. The zero-order valence-electron chi connectivity index (χ0n) is 12.6. The number of hydrogen-bond donors (Lipinski definition) is 0. The summed E-state index contributed by atoms with van der Waals surface area (Å²) in [5.41, 5.74) is 0. The fourth-order valence-corrected chi connectivity index (χ4v) is 2.92. The minimum atomic E-state index is 0.527. The maximum absolute atomic E-state index is 3.89. The molecule has 0 fully saturated rings. The highest BCUT2D eigenvalue weighted by Gasteiger charge is 2.21. The number of rotatable bonds is 8. The first-order valence-corrected chi connectivity index (χ1v) is 7.57. The Kier molecular flexibility index (Phi) is 7.72. The average Bonchev–Trinajstić information content (AvgIpc) is 2.44. The molecule has 1 rings (SSSR count). The van der Waals surface area contributed by atoms with E-state index >= 15 is 0 Å². The van der Waals surface area contributed by atoms with Crippen LogP contribution in [0.25, 0.3) is 0 Å². The van der Waals surface area contributed by atoms with E-state index in [9.17, 15) is 0 Å². The van der Waals surface area contributed by atoms with Crippen molar-refractivity contribution in [2.24, 2.45) is 23.7 Å². The van der Waals surface area contributed by atoms with Crippen LogP contribution in [0.4, 0.5) is 0 Å². The molecule has 0 saturated heterocycles. The smallest absolute Gasteiger partial charge is 0.0133 e. The zero-order chi connectivity index (χ0) is 14.8.